The molecule has 0 aromatic heterocycles. The smallest absolute Gasteiger partial charge is 0.350 e. The number of amides is 1. The van der Waals surface area contributed by atoms with Crippen LogP contribution >= 0.6 is 46.4 Å². The third-order valence-electron chi connectivity index (χ3n) is 3.18. The molecule has 0 aliphatic carbocycles. The number of nitrogens with one attached hydrogen (secondary N) is 1. The molecule has 1 aromatic carbocycles. The second-order valence-electron chi connectivity index (χ2n) is 6.00. The van der Waals surface area contributed by atoms with Crippen LogP contribution in [0.1, 0.15) is 24.2 Å². The molecule has 0 spiro atoms. The van der Waals surface area contributed by atoms with Crippen molar-refractivity contribution in [2.45, 2.75) is 23.2 Å². The van der Waals surface area contributed by atoms with Crippen LogP contribution < -0.4 is 5.32 Å². The normalized spacial score (nSPS) is 12.1. The number of carbonyl (C=O) groups is 3. The molecule has 0 saturated heterocycles. The van der Waals surface area contributed by atoms with Crippen molar-refractivity contribution in [3.05, 3.63) is 53.3 Å². The molecule has 0 bridgehead atoms. The predicted molar refractivity (Wildman–Crippen MR) is 112 cm³/mol. The molecule has 0 fully saturated rings. The van der Waals surface area contributed by atoms with Crippen LogP contribution in [0.5, 0.6) is 0 Å². The van der Waals surface area contributed by atoms with Crippen molar-refractivity contribution in [1.29, 1.82) is 0 Å². The van der Waals surface area contributed by atoms with Gasteiger partial charge >= 0.3 is 11.9 Å². The summed E-state index contributed by atoms with van der Waals surface area (Å²) in [4.78, 5) is 36.3. The fourth-order valence-corrected chi connectivity index (χ4v) is 2.14. The number of hydrogen-bond donors (Lipinski definition) is 2. The Morgan fingerprint density at radius 3 is 2.41 bits per heavy atom. The van der Waals surface area contributed by atoms with Gasteiger partial charge in [0, 0.05) is 11.8 Å². The lowest BCUT2D eigenvalue weighted by atomic mass is 10.1. The summed E-state index contributed by atoms with van der Waals surface area (Å²) in [6.45, 7) is 6.07. The molecule has 0 aliphatic heterocycles. The van der Waals surface area contributed by atoms with Gasteiger partial charge in [-0.15, -0.1) is 0 Å². The van der Waals surface area contributed by atoms with Gasteiger partial charge in [-0.1, -0.05) is 59.1 Å². The second-order valence-corrected chi connectivity index (χ2v) is 8.69. The highest BCUT2D eigenvalue weighted by Crippen LogP contribution is 2.32. The second kappa shape index (κ2) is 10.2. The highest BCUT2D eigenvalue weighted by molar-refractivity contribution is 6.69. The first-order valence-electron chi connectivity index (χ1n) is 7.87. The van der Waals surface area contributed by atoms with Crippen LogP contribution in [-0.4, -0.2) is 39.0 Å². The minimum Gasteiger partial charge on any atom is -0.508 e. The fourth-order valence-electron chi connectivity index (χ4n) is 1.78. The summed E-state index contributed by atoms with van der Waals surface area (Å²) in [6.07, 6.45) is 2.03. The molecule has 0 saturated carbocycles. The Hall–Kier alpha value is -1.93. The van der Waals surface area contributed by atoms with Crippen LogP contribution in [0.25, 0.3) is 0 Å². The third kappa shape index (κ3) is 7.78. The summed E-state index contributed by atoms with van der Waals surface area (Å²) in [5.74, 6) is -3.33. The molecule has 1 aromatic rings. The number of halogens is 4. The van der Waals surface area contributed by atoms with E-state index in [9.17, 15) is 19.5 Å². The lowest BCUT2D eigenvalue weighted by Gasteiger charge is -2.23. The van der Waals surface area contributed by atoms with Gasteiger partial charge < -0.3 is 19.9 Å². The van der Waals surface area contributed by atoms with Crippen molar-refractivity contribution in [2.75, 3.05) is 11.9 Å². The fraction of sp³-hybridized carbons (Fsp3) is 0.278. The Kier molecular flexibility index (Phi) is 8.84. The van der Waals surface area contributed by atoms with Crippen LogP contribution in [0, 0.1) is 0 Å². The summed E-state index contributed by atoms with van der Waals surface area (Å²) in [7, 11) is 0. The zero-order valence-electron chi connectivity index (χ0n) is 15.3. The van der Waals surface area contributed by atoms with Crippen LogP contribution in [0.2, 0.25) is 5.02 Å². The average molecular weight is 485 g/mol. The first kappa shape index (κ1) is 25.1. The summed E-state index contributed by atoms with van der Waals surface area (Å²) in [5, 5.41) is 11.9. The van der Waals surface area contributed by atoms with Gasteiger partial charge in [0.05, 0.1) is 10.6 Å². The van der Waals surface area contributed by atoms with Gasteiger partial charge in [-0.05, 0) is 32.0 Å². The number of aliphatic hydroxyl groups excluding tert-OH is 1. The monoisotopic (exact) mass is 483 g/mol. The minimum absolute atomic E-state index is 0.0166. The average Bonchev–Trinajstić information content (AvgIpc) is 2.59. The molecule has 0 aliphatic rings. The van der Waals surface area contributed by atoms with E-state index in [4.69, 9.17) is 55.9 Å². The van der Waals surface area contributed by atoms with Crippen molar-refractivity contribution < 1.29 is 29.0 Å². The maximum atomic E-state index is 12.5. The number of aliphatic hydroxyl groups is 1. The Balaban J connectivity index is 2.99. The van der Waals surface area contributed by atoms with Crippen molar-refractivity contribution in [2.24, 2.45) is 0 Å². The van der Waals surface area contributed by atoms with E-state index >= 15 is 0 Å². The van der Waals surface area contributed by atoms with E-state index in [2.05, 4.69) is 11.9 Å². The Bertz CT molecular complexity index is 845. The molecule has 0 radical (unpaired) electrons. The zero-order valence-corrected chi connectivity index (χ0v) is 18.3. The number of ether oxygens (including phenoxy) is 2. The molecule has 11 heteroatoms. The van der Waals surface area contributed by atoms with Gasteiger partial charge in [-0.2, -0.15) is 0 Å². The summed E-state index contributed by atoms with van der Waals surface area (Å²) >= 11 is 22.4. The summed E-state index contributed by atoms with van der Waals surface area (Å²) < 4.78 is 7.89. The van der Waals surface area contributed by atoms with Gasteiger partial charge in [0.1, 0.15) is 12.4 Å². The number of alkyl halides is 3. The Morgan fingerprint density at radius 1 is 1.24 bits per heavy atom. The van der Waals surface area contributed by atoms with Crippen LogP contribution in [0.3, 0.4) is 0 Å². The first-order valence-corrected chi connectivity index (χ1v) is 9.39. The molecule has 7 nitrogen and oxygen atoms in total. The SMILES string of the molecule is C=CCOC(=O)C(C)(C)OC(=O)c1cc(NC(=O)C=C(O)C(Cl)(Cl)Cl)ccc1Cl. The number of hydrogen-bond acceptors (Lipinski definition) is 6. The lowest BCUT2D eigenvalue weighted by Crippen LogP contribution is -2.39. The number of carbonyl (C=O) groups excluding carboxylic acids is 3. The molecule has 0 heterocycles. The molecule has 1 rings (SSSR count). The Labute approximate surface area is 187 Å². The van der Waals surface area contributed by atoms with Crippen molar-refractivity contribution in [3.63, 3.8) is 0 Å². The molecule has 1 amide bonds. The molecular formula is C18H17Cl4NO6. The van der Waals surface area contributed by atoms with Gasteiger partial charge in [-0.3, -0.25) is 4.79 Å². The van der Waals surface area contributed by atoms with Crippen molar-refractivity contribution >= 4 is 69.9 Å². The quantitative estimate of drug-likeness (QED) is 0.190. The van der Waals surface area contributed by atoms with Crippen LogP contribution in [0.15, 0.2) is 42.7 Å². The van der Waals surface area contributed by atoms with Gasteiger partial charge in [-0.25, -0.2) is 9.59 Å². The van der Waals surface area contributed by atoms with E-state index in [1.807, 2.05) is 0 Å². The van der Waals surface area contributed by atoms with E-state index in [1.54, 1.807) is 0 Å². The zero-order chi connectivity index (χ0) is 22.4. The molecule has 0 atom stereocenters. The van der Waals surface area contributed by atoms with Crippen LogP contribution in [-0.2, 0) is 19.1 Å². The first-order chi connectivity index (χ1) is 13.3. The molecule has 0 unspecified atom stereocenters. The van der Waals surface area contributed by atoms with Gasteiger partial charge in [0.2, 0.25) is 9.39 Å². The molecule has 158 valence electrons. The number of allylic oxidation sites excluding steroid dienone is 1. The van der Waals surface area contributed by atoms with Crippen LogP contribution in [0.4, 0.5) is 5.69 Å². The number of rotatable bonds is 7. The maximum Gasteiger partial charge on any atom is 0.350 e. The highest BCUT2D eigenvalue weighted by atomic mass is 35.6. The lowest BCUT2D eigenvalue weighted by molar-refractivity contribution is -0.161. The summed E-state index contributed by atoms with van der Waals surface area (Å²) in [5.41, 5.74) is -1.59. The Morgan fingerprint density at radius 2 is 1.86 bits per heavy atom. The standard InChI is InChI=1S/C18H17Cl4NO6/c1-4-7-28-16(27)17(2,3)29-15(26)11-8-10(5-6-12(11)19)23-14(25)9-13(24)18(20,21)22/h4-6,8-9,24H,1,7H2,2-3H3,(H,23,25). The maximum absolute atomic E-state index is 12.5. The van der Waals surface area contributed by atoms with E-state index in [0.29, 0.717) is 6.08 Å². The number of anilines is 1. The van der Waals surface area contributed by atoms with Crippen molar-refractivity contribution in [3.8, 4) is 0 Å². The molecule has 2 N–H and O–H groups in total. The van der Waals surface area contributed by atoms with E-state index < -0.39 is 33.0 Å². The highest BCUT2D eigenvalue weighted by Gasteiger charge is 2.34. The van der Waals surface area contributed by atoms with E-state index in [-0.39, 0.29) is 22.9 Å². The summed E-state index contributed by atoms with van der Waals surface area (Å²) in [6, 6.07) is 3.93. The molecular weight excluding hydrogens is 468 g/mol. The van der Waals surface area contributed by atoms with E-state index in [0.717, 1.165) is 0 Å². The van der Waals surface area contributed by atoms with Crippen molar-refractivity contribution in [1.82, 2.24) is 0 Å². The topological polar surface area (TPSA) is 102 Å². The van der Waals surface area contributed by atoms with Gasteiger partial charge in [0.15, 0.2) is 0 Å². The third-order valence-corrected chi connectivity index (χ3v) is 4.09. The minimum atomic E-state index is -2.17. The molecule has 29 heavy (non-hydrogen) atoms. The number of benzene rings is 1. The largest absolute Gasteiger partial charge is 0.508 e. The number of esters is 2. The van der Waals surface area contributed by atoms with E-state index in [1.165, 1.54) is 38.1 Å². The van der Waals surface area contributed by atoms with Gasteiger partial charge in [0.25, 0.3) is 5.91 Å². The predicted octanol–water partition coefficient (Wildman–Crippen LogP) is 4.76.